The molecule has 0 spiro atoms. The molecule has 0 radical (unpaired) electrons. The fraction of sp³-hybridized carbons (Fsp3) is 0.556. The Balaban J connectivity index is 1.71. The third kappa shape index (κ3) is 6.10. The fourth-order valence-electron chi connectivity index (χ4n) is 2.44. The van der Waals surface area contributed by atoms with E-state index in [1.54, 1.807) is 17.0 Å². The van der Waals surface area contributed by atoms with Crippen LogP contribution in [-0.4, -0.2) is 42.7 Å². The number of ether oxygens (including phenoxy) is 1. The van der Waals surface area contributed by atoms with Crippen molar-refractivity contribution in [3.05, 3.63) is 30.3 Å². The van der Waals surface area contributed by atoms with Crippen LogP contribution in [0.5, 0.6) is 5.75 Å². The monoisotopic (exact) mass is 333 g/mol. The highest BCUT2D eigenvalue weighted by molar-refractivity contribution is 5.74. The Bertz CT molecular complexity index is 546. The first-order chi connectivity index (χ1) is 11.3. The van der Waals surface area contributed by atoms with E-state index in [1.807, 2.05) is 18.2 Å². The molecule has 1 aromatic rings. The highest BCUT2D eigenvalue weighted by atomic mass is 16.6. The van der Waals surface area contributed by atoms with Gasteiger partial charge in [0.15, 0.2) is 0 Å². The Kier molecular flexibility index (Phi) is 6.06. The first kappa shape index (κ1) is 18.1. The summed E-state index contributed by atoms with van der Waals surface area (Å²) in [5.74, 6) is 0.546. The Morgan fingerprint density at radius 1 is 1.17 bits per heavy atom. The van der Waals surface area contributed by atoms with E-state index in [1.165, 1.54) is 0 Å². The molecule has 1 fully saturated rings. The van der Waals surface area contributed by atoms with Gasteiger partial charge in [-0.1, -0.05) is 39.0 Å². The molecule has 1 heterocycles. The first-order valence-electron chi connectivity index (χ1n) is 8.40. The van der Waals surface area contributed by atoms with Gasteiger partial charge in [-0.25, -0.2) is 9.59 Å². The number of para-hydroxylation sites is 1. The Hall–Kier alpha value is -2.24. The van der Waals surface area contributed by atoms with Crippen molar-refractivity contribution in [2.45, 2.75) is 39.7 Å². The van der Waals surface area contributed by atoms with Crippen LogP contribution in [0.4, 0.5) is 9.59 Å². The Labute approximate surface area is 143 Å². The number of likely N-dealkylation sites (tertiary alicyclic amines) is 1. The van der Waals surface area contributed by atoms with Crippen LogP contribution in [0.15, 0.2) is 30.3 Å². The fourth-order valence-corrected chi connectivity index (χ4v) is 2.44. The van der Waals surface area contributed by atoms with Crippen LogP contribution in [-0.2, 0) is 0 Å². The summed E-state index contributed by atoms with van der Waals surface area (Å²) in [6.45, 7) is 8.01. The van der Waals surface area contributed by atoms with Gasteiger partial charge in [-0.2, -0.15) is 0 Å². The molecule has 2 rings (SSSR count). The zero-order valence-electron chi connectivity index (χ0n) is 14.7. The number of hydrogen-bond donors (Lipinski definition) is 2. The maximum atomic E-state index is 12.1. The molecule has 6 nitrogen and oxygen atoms in total. The average molecular weight is 333 g/mol. The Morgan fingerprint density at radius 3 is 2.38 bits per heavy atom. The summed E-state index contributed by atoms with van der Waals surface area (Å²) in [4.78, 5) is 25.7. The maximum Gasteiger partial charge on any atom is 0.415 e. The number of piperidine rings is 1. The van der Waals surface area contributed by atoms with E-state index >= 15 is 0 Å². The van der Waals surface area contributed by atoms with Gasteiger partial charge in [0.25, 0.3) is 0 Å². The van der Waals surface area contributed by atoms with Gasteiger partial charge < -0.3 is 20.3 Å². The molecule has 24 heavy (non-hydrogen) atoms. The zero-order valence-corrected chi connectivity index (χ0v) is 14.7. The summed E-state index contributed by atoms with van der Waals surface area (Å²) in [5.41, 5.74) is 0.0574. The zero-order chi connectivity index (χ0) is 17.6. The lowest BCUT2D eigenvalue weighted by Crippen LogP contribution is -2.50. The molecule has 1 saturated heterocycles. The second-order valence-corrected chi connectivity index (χ2v) is 7.33. The van der Waals surface area contributed by atoms with E-state index < -0.39 is 0 Å². The highest BCUT2D eigenvalue weighted by Gasteiger charge is 2.25. The van der Waals surface area contributed by atoms with Gasteiger partial charge in [0, 0.05) is 25.7 Å². The normalized spacial score (nSPS) is 15.7. The van der Waals surface area contributed by atoms with Crippen LogP contribution in [0.3, 0.4) is 0 Å². The third-order valence-corrected chi connectivity index (χ3v) is 3.82. The topological polar surface area (TPSA) is 70.7 Å². The average Bonchev–Trinajstić information content (AvgIpc) is 2.54. The summed E-state index contributed by atoms with van der Waals surface area (Å²) in [6.07, 6.45) is 1.12. The third-order valence-electron chi connectivity index (χ3n) is 3.82. The lowest BCUT2D eigenvalue weighted by Gasteiger charge is -2.31. The van der Waals surface area contributed by atoms with E-state index in [-0.39, 0.29) is 23.6 Å². The van der Waals surface area contributed by atoms with Crippen LogP contribution in [0.2, 0.25) is 0 Å². The lowest BCUT2D eigenvalue weighted by atomic mass is 9.97. The minimum atomic E-state index is -0.336. The van der Waals surface area contributed by atoms with Crippen molar-refractivity contribution < 1.29 is 14.3 Å². The van der Waals surface area contributed by atoms with E-state index in [4.69, 9.17) is 4.74 Å². The van der Waals surface area contributed by atoms with Gasteiger partial charge >= 0.3 is 12.1 Å². The summed E-state index contributed by atoms with van der Waals surface area (Å²) in [6, 6.07) is 8.99. The lowest BCUT2D eigenvalue weighted by molar-refractivity contribution is 0.136. The van der Waals surface area contributed by atoms with Gasteiger partial charge in [0.1, 0.15) is 5.75 Å². The molecule has 0 aromatic heterocycles. The molecule has 1 aromatic carbocycles. The number of urea groups is 1. The van der Waals surface area contributed by atoms with E-state index in [9.17, 15) is 9.59 Å². The maximum absolute atomic E-state index is 12.1. The highest BCUT2D eigenvalue weighted by Crippen LogP contribution is 2.15. The Morgan fingerprint density at radius 2 is 1.79 bits per heavy atom. The largest absolute Gasteiger partial charge is 0.415 e. The number of hydrogen-bond acceptors (Lipinski definition) is 3. The molecule has 0 aliphatic carbocycles. The molecule has 0 saturated carbocycles. The quantitative estimate of drug-likeness (QED) is 0.893. The smallest absolute Gasteiger partial charge is 0.410 e. The number of nitrogens with one attached hydrogen (secondary N) is 2. The van der Waals surface area contributed by atoms with Gasteiger partial charge in [-0.15, -0.1) is 0 Å². The molecular formula is C18H27N3O3. The molecule has 0 bridgehead atoms. The van der Waals surface area contributed by atoms with Crippen LogP contribution >= 0.6 is 0 Å². The molecule has 132 valence electrons. The van der Waals surface area contributed by atoms with Crippen molar-refractivity contribution in [2.24, 2.45) is 5.41 Å². The van der Waals surface area contributed by atoms with Crippen molar-refractivity contribution in [3.63, 3.8) is 0 Å². The second kappa shape index (κ2) is 8.04. The molecule has 1 aliphatic heterocycles. The number of carbonyl (C=O) groups is 2. The van der Waals surface area contributed by atoms with E-state index in [0.717, 1.165) is 12.8 Å². The van der Waals surface area contributed by atoms with Gasteiger partial charge in [-0.3, -0.25) is 0 Å². The predicted molar refractivity (Wildman–Crippen MR) is 93.1 cm³/mol. The van der Waals surface area contributed by atoms with Gasteiger partial charge in [0.2, 0.25) is 0 Å². The van der Waals surface area contributed by atoms with Crippen LogP contribution in [0.25, 0.3) is 0 Å². The minimum absolute atomic E-state index is 0.0574. The van der Waals surface area contributed by atoms with E-state index in [2.05, 4.69) is 31.4 Å². The molecule has 0 unspecified atom stereocenters. The minimum Gasteiger partial charge on any atom is -0.410 e. The van der Waals surface area contributed by atoms with Crippen molar-refractivity contribution in [1.29, 1.82) is 0 Å². The summed E-state index contributed by atoms with van der Waals surface area (Å²) >= 11 is 0. The summed E-state index contributed by atoms with van der Waals surface area (Å²) in [5, 5.41) is 5.85. The van der Waals surface area contributed by atoms with E-state index in [0.29, 0.717) is 25.4 Å². The van der Waals surface area contributed by atoms with Gasteiger partial charge in [0.05, 0.1) is 0 Å². The predicted octanol–water partition coefficient (Wildman–Crippen LogP) is 3.00. The van der Waals surface area contributed by atoms with Crippen LogP contribution < -0.4 is 15.4 Å². The second-order valence-electron chi connectivity index (χ2n) is 7.33. The SMILES string of the molecule is CC(C)(C)CNC(=O)NC1CCN(C(=O)Oc2ccccc2)CC1. The number of benzene rings is 1. The first-order valence-corrected chi connectivity index (χ1v) is 8.40. The molecule has 3 amide bonds. The van der Waals surface area contributed by atoms with Crippen molar-refractivity contribution >= 4 is 12.1 Å². The van der Waals surface area contributed by atoms with Crippen LogP contribution in [0, 0.1) is 5.41 Å². The molecule has 6 heteroatoms. The molecule has 2 N–H and O–H groups in total. The number of rotatable bonds is 3. The van der Waals surface area contributed by atoms with Crippen LogP contribution in [0.1, 0.15) is 33.6 Å². The molecule has 1 aliphatic rings. The van der Waals surface area contributed by atoms with Gasteiger partial charge in [-0.05, 0) is 30.4 Å². The summed E-state index contributed by atoms with van der Waals surface area (Å²) < 4.78 is 5.33. The molecular weight excluding hydrogens is 306 g/mol. The van der Waals surface area contributed by atoms with Crippen molar-refractivity contribution in [2.75, 3.05) is 19.6 Å². The van der Waals surface area contributed by atoms with Crippen molar-refractivity contribution in [1.82, 2.24) is 15.5 Å². The summed E-state index contributed by atoms with van der Waals surface area (Å²) in [7, 11) is 0. The number of nitrogens with zero attached hydrogens (tertiary/aromatic N) is 1. The standard InChI is InChI=1S/C18H27N3O3/c1-18(2,3)13-19-16(22)20-14-9-11-21(12-10-14)17(23)24-15-7-5-4-6-8-15/h4-8,14H,9-13H2,1-3H3,(H2,19,20,22). The molecule has 0 atom stereocenters. The van der Waals surface area contributed by atoms with Crippen molar-refractivity contribution in [3.8, 4) is 5.75 Å². The number of carbonyl (C=O) groups excluding carboxylic acids is 2. The number of amides is 3.